The first-order valence-corrected chi connectivity index (χ1v) is 7.79. The van der Waals surface area contributed by atoms with Gasteiger partial charge in [-0.25, -0.2) is 0 Å². The third-order valence-corrected chi connectivity index (χ3v) is 4.71. The van der Waals surface area contributed by atoms with E-state index in [0.717, 1.165) is 34.8 Å². The maximum Gasteiger partial charge on any atom is 0.164 e. The van der Waals surface area contributed by atoms with Crippen molar-refractivity contribution < 1.29 is 4.79 Å². The lowest BCUT2D eigenvalue weighted by Crippen LogP contribution is -2.07. The standard InChI is InChI=1S/C16H18N2OS/c1-10-15(11(2)19)16(20-18-10)17-14-9-5-7-12-6-3-4-8-13(12)14/h5,7,9,17H,3-4,6,8H2,1-2H3. The van der Waals surface area contributed by atoms with Crippen LogP contribution in [0.15, 0.2) is 18.2 Å². The van der Waals surface area contributed by atoms with E-state index in [4.69, 9.17) is 0 Å². The highest BCUT2D eigenvalue weighted by Crippen LogP contribution is 2.33. The topological polar surface area (TPSA) is 42.0 Å². The summed E-state index contributed by atoms with van der Waals surface area (Å²) >= 11 is 1.37. The van der Waals surface area contributed by atoms with Crippen LogP contribution < -0.4 is 5.32 Å². The van der Waals surface area contributed by atoms with Crippen molar-refractivity contribution in [3.05, 3.63) is 40.6 Å². The van der Waals surface area contributed by atoms with Gasteiger partial charge in [0.15, 0.2) is 5.78 Å². The summed E-state index contributed by atoms with van der Waals surface area (Å²) in [5.74, 6) is 0.0727. The average molecular weight is 286 g/mol. The van der Waals surface area contributed by atoms with Gasteiger partial charge in [-0.05, 0) is 68.3 Å². The van der Waals surface area contributed by atoms with E-state index < -0.39 is 0 Å². The number of nitrogens with zero attached hydrogens (tertiary/aromatic N) is 1. The molecular formula is C16H18N2OS. The maximum absolute atomic E-state index is 11.8. The van der Waals surface area contributed by atoms with E-state index >= 15 is 0 Å². The fourth-order valence-electron chi connectivity index (χ4n) is 2.89. The molecule has 2 aromatic rings. The number of carbonyl (C=O) groups excluding carboxylic acids is 1. The van der Waals surface area contributed by atoms with E-state index in [2.05, 4.69) is 27.9 Å². The summed E-state index contributed by atoms with van der Waals surface area (Å²) in [6, 6.07) is 6.40. The fraction of sp³-hybridized carbons (Fsp3) is 0.375. The molecule has 1 heterocycles. The molecule has 0 aliphatic heterocycles. The molecule has 0 spiro atoms. The number of benzene rings is 1. The zero-order chi connectivity index (χ0) is 14.1. The minimum atomic E-state index is 0.0727. The lowest BCUT2D eigenvalue weighted by molar-refractivity contribution is 0.101. The van der Waals surface area contributed by atoms with Crippen LogP contribution in [-0.2, 0) is 12.8 Å². The molecule has 0 fully saturated rings. The molecule has 0 saturated carbocycles. The third-order valence-electron chi connectivity index (χ3n) is 3.86. The van der Waals surface area contributed by atoms with E-state index in [1.54, 1.807) is 6.92 Å². The smallest absolute Gasteiger partial charge is 0.164 e. The molecule has 3 nitrogen and oxygen atoms in total. The van der Waals surface area contributed by atoms with Crippen LogP contribution in [0, 0.1) is 6.92 Å². The van der Waals surface area contributed by atoms with Crippen LogP contribution in [0.4, 0.5) is 10.7 Å². The molecule has 1 aromatic heterocycles. The summed E-state index contributed by atoms with van der Waals surface area (Å²) in [5.41, 5.74) is 5.51. The number of aromatic nitrogens is 1. The minimum Gasteiger partial charge on any atom is -0.345 e. The first kappa shape index (κ1) is 13.3. The third kappa shape index (κ3) is 2.36. The first-order chi connectivity index (χ1) is 9.66. The van der Waals surface area contributed by atoms with Crippen molar-refractivity contribution in [2.75, 3.05) is 5.32 Å². The second-order valence-corrected chi connectivity index (χ2v) is 6.08. The largest absolute Gasteiger partial charge is 0.345 e. The highest BCUT2D eigenvalue weighted by atomic mass is 32.1. The number of nitrogens with one attached hydrogen (secondary N) is 1. The molecule has 104 valence electrons. The van der Waals surface area contributed by atoms with E-state index in [0.29, 0.717) is 0 Å². The molecule has 4 heteroatoms. The van der Waals surface area contributed by atoms with Crippen molar-refractivity contribution in [3.8, 4) is 0 Å². The molecule has 0 bridgehead atoms. The van der Waals surface area contributed by atoms with Gasteiger partial charge in [-0.3, -0.25) is 4.79 Å². The Bertz CT molecular complexity index is 660. The van der Waals surface area contributed by atoms with Crippen molar-refractivity contribution in [2.24, 2.45) is 0 Å². The predicted molar refractivity (Wildman–Crippen MR) is 83.2 cm³/mol. The molecule has 1 N–H and O–H groups in total. The molecule has 0 amide bonds. The van der Waals surface area contributed by atoms with Crippen LogP contribution in [0.1, 0.15) is 46.9 Å². The van der Waals surface area contributed by atoms with Gasteiger partial charge in [-0.1, -0.05) is 12.1 Å². The zero-order valence-electron chi connectivity index (χ0n) is 11.8. The second kappa shape index (κ2) is 5.37. The summed E-state index contributed by atoms with van der Waals surface area (Å²) in [5, 5.41) is 4.31. The van der Waals surface area contributed by atoms with Gasteiger partial charge in [0.25, 0.3) is 0 Å². The molecule has 1 aliphatic carbocycles. The Kier molecular flexibility index (Phi) is 3.57. The highest BCUT2D eigenvalue weighted by Gasteiger charge is 2.18. The molecule has 0 radical (unpaired) electrons. The van der Waals surface area contributed by atoms with E-state index in [1.165, 1.54) is 35.5 Å². The zero-order valence-corrected chi connectivity index (χ0v) is 12.6. The number of anilines is 2. The number of carbonyl (C=O) groups is 1. The highest BCUT2D eigenvalue weighted by molar-refractivity contribution is 7.10. The average Bonchev–Trinajstić information content (AvgIpc) is 2.80. The molecule has 0 unspecified atom stereocenters. The van der Waals surface area contributed by atoms with Crippen molar-refractivity contribution >= 4 is 28.0 Å². The molecule has 0 atom stereocenters. The number of Topliss-reactive ketones (excluding diaryl/α,β-unsaturated/α-hetero) is 1. The van der Waals surface area contributed by atoms with Crippen LogP contribution in [0.5, 0.6) is 0 Å². The summed E-state index contributed by atoms with van der Waals surface area (Å²) in [6.45, 7) is 3.49. The van der Waals surface area contributed by atoms with E-state index in [9.17, 15) is 4.79 Å². The Hall–Kier alpha value is -1.68. The Morgan fingerprint density at radius 1 is 1.30 bits per heavy atom. The van der Waals surface area contributed by atoms with Crippen molar-refractivity contribution in [3.63, 3.8) is 0 Å². The van der Waals surface area contributed by atoms with Crippen molar-refractivity contribution in [1.29, 1.82) is 0 Å². The number of hydrogen-bond acceptors (Lipinski definition) is 4. The van der Waals surface area contributed by atoms with E-state index in [-0.39, 0.29) is 5.78 Å². The van der Waals surface area contributed by atoms with Crippen LogP contribution in [0.25, 0.3) is 0 Å². The summed E-state index contributed by atoms with van der Waals surface area (Å²) < 4.78 is 4.30. The van der Waals surface area contributed by atoms with Gasteiger partial charge in [-0.15, -0.1) is 0 Å². The molecule has 20 heavy (non-hydrogen) atoms. The van der Waals surface area contributed by atoms with Gasteiger partial charge < -0.3 is 5.32 Å². The number of fused-ring (bicyclic) bond motifs is 1. The van der Waals surface area contributed by atoms with E-state index in [1.807, 2.05) is 6.92 Å². The monoisotopic (exact) mass is 286 g/mol. The first-order valence-electron chi connectivity index (χ1n) is 7.02. The Labute approximate surface area is 123 Å². The van der Waals surface area contributed by atoms with Gasteiger partial charge in [0.1, 0.15) is 5.00 Å². The molecule has 1 aromatic carbocycles. The fourth-order valence-corrected chi connectivity index (χ4v) is 3.75. The second-order valence-electron chi connectivity index (χ2n) is 5.30. The predicted octanol–water partition coefficient (Wildman–Crippen LogP) is 4.28. The van der Waals surface area contributed by atoms with Crippen molar-refractivity contribution in [1.82, 2.24) is 4.37 Å². The van der Waals surface area contributed by atoms with Gasteiger partial charge in [-0.2, -0.15) is 4.37 Å². The number of rotatable bonds is 3. The van der Waals surface area contributed by atoms with Crippen LogP contribution >= 0.6 is 11.5 Å². The molecule has 0 saturated heterocycles. The summed E-state index contributed by atoms with van der Waals surface area (Å²) in [6.07, 6.45) is 4.79. The van der Waals surface area contributed by atoms with Gasteiger partial charge >= 0.3 is 0 Å². The lowest BCUT2D eigenvalue weighted by Gasteiger charge is -2.19. The van der Waals surface area contributed by atoms with Gasteiger partial charge in [0.05, 0.1) is 11.3 Å². The van der Waals surface area contributed by atoms with Crippen LogP contribution in [0.2, 0.25) is 0 Å². The Balaban J connectivity index is 1.98. The minimum absolute atomic E-state index is 0.0727. The summed E-state index contributed by atoms with van der Waals surface area (Å²) in [4.78, 5) is 11.8. The summed E-state index contributed by atoms with van der Waals surface area (Å²) in [7, 11) is 0. The SMILES string of the molecule is CC(=O)c1c(C)nsc1Nc1cccc2c1CCCC2. The lowest BCUT2D eigenvalue weighted by atomic mass is 9.90. The number of aryl methyl sites for hydroxylation is 2. The van der Waals surface area contributed by atoms with Gasteiger partial charge in [0, 0.05) is 5.69 Å². The van der Waals surface area contributed by atoms with Crippen LogP contribution in [-0.4, -0.2) is 10.2 Å². The van der Waals surface area contributed by atoms with Crippen LogP contribution in [0.3, 0.4) is 0 Å². The number of hydrogen-bond donors (Lipinski definition) is 1. The van der Waals surface area contributed by atoms with Crippen molar-refractivity contribution in [2.45, 2.75) is 39.5 Å². The van der Waals surface area contributed by atoms with Gasteiger partial charge in [0.2, 0.25) is 0 Å². The Morgan fingerprint density at radius 3 is 2.90 bits per heavy atom. The number of ketones is 1. The maximum atomic E-state index is 11.8. The molecular weight excluding hydrogens is 268 g/mol. The molecule has 1 aliphatic rings. The normalized spacial score (nSPS) is 13.9. The molecule has 3 rings (SSSR count). The quantitative estimate of drug-likeness (QED) is 0.856. The Morgan fingerprint density at radius 2 is 2.10 bits per heavy atom.